The number of nitrogens with one attached hydrogen (secondary N) is 2. The fraction of sp³-hybridized carbons (Fsp3) is 0.381. The maximum Gasteiger partial charge on any atom is 0.146 e. The standard InChI is InChI=1S/C21H25N3O/c1-12-5-6-16-15(7-12)9-18(23-16)19-11-21(25-4)20(24-19)10-17-13(2)8-14(3)22-17/h8-12,22-23H,5-7H2,1-4H3. The lowest BCUT2D eigenvalue weighted by Gasteiger charge is -2.17. The van der Waals surface area contributed by atoms with Crippen LogP contribution in [-0.4, -0.2) is 22.8 Å². The lowest BCUT2D eigenvalue weighted by molar-refractivity contribution is 0.303. The monoisotopic (exact) mass is 335 g/mol. The van der Waals surface area contributed by atoms with E-state index in [1.807, 2.05) is 6.08 Å². The summed E-state index contributed by atoms with van der Waals surface area (Å²) >= 11 is 0. The summed E-state index contributed by atoms with van der Waals surface area (Å²) in [7, 11) is 1.70. The van der Waals surface area contributed by atoms with Gasteiger partial charge in [0.05, 0.1) is 18.5 Å². The predicted octanol–water partition coefficient (Wildman–Crippen LogP) is 4.46. The number of allylic oxidation sites excluding steroid dienone is 1. The third-order valence-electron chi connectivity index (χ3n) is 5.18. The number of hydrogen-bond acceptors (Lipinski definition) is 2. The second-order valence-corrected chi connectivity index (χ2v) is 7.32. The molecule has 1 aliphatic carbocycles. The van der Waals surface area contributed by atoms with E-state index in [0.29, 0.717) is 0 Å². The zero-order chi connectivity index (χ0) is 17.6. The number of fused-ring (bicyclic) bond motifs is 1. The number of hydrogen-bond donors (Lipinski definition) is 2. The van der Waals surface area contributed by atoms with Crippen LogP contribution < -0.4 is 0 Å². The van der Waals surface area contributed by atoms with Crippen LogP contribution in [-0.2, 0) is 17.6 Å². The molecule has 0 spiro atoms. The predicted molar refractivity (Wildman–Crippen MR) is 102 cm³/mol. The summed E-state index contributed by atoms with van der Waals surface area (Å²) in [5.41, 5.74) is 9.17. The van der Waals surface area contributed by atoms with Crippen LogP contribution in [0.3, 0.4) is 0 Å². The van der Waals surface area contributed by atoms with Gasteiger partial charge in [0.2, 0.25) is 0 Å². The highest BCUT2D eigenvalue weighted by Crippen LogP contribution is 2.29. The zero-order valence-corrected chi connectivity index (χ0v) is 15.4. The van der Waals surface area contributed by atoms with Crippen LogP contribution in [0.5, 0.6) is 0 Å². The highest BCUT2D eigenvalue weighted by Gasteiger charge is 2.22. The van der Waals surface area contributed by atoms with Gasteiger partial charge in [0.1, 0.15) is 11.5 Å². The average Bonchev–Trinajstić information content (AvgIpc) is 3.24. The van der Waals surface area contributed by atoms with E-state index in [1.165, 1.54) is 23.2 Å². The van der Waals surface area contributed by atoms with E-state index < -0.39 is 0 Å². The van der Waals surface area contributed by atoms with Crippen molar-refractivity contribution < 1.29 is 4.74 Å². The number of rotatable bonds is 3. The summed E-state index contributed by atoms with van der Waals surface area (Å²) in [4.78, 5) is 11.8. The van der Waals surface area contributed by atoms with Gasteiger partial charge in [-0.2, -0.15) is 0 Å². The van der Waals surface area contributed by atoms with Crippen LogP contribution in [0.2, 0.25) is 0 Å². The van der Waals surface area contributed by atoms with E-state index >= 15 is 0 Å². The van der Waals surface area contributed by atoms with E-state index in [9.17, 15) is 0 Å². The molecule has 4 heteroatoms. The van der Waals surface area contributed by atoms with Crippen LogP contribution >= 0.6 is 0 Å². The molecule has 4 nitrogen and oxygen atoms in total. The Bertz CT molecular complexity index is 908. The molecule has 0 saturated carbocycles. The fourth-order valence-corrected chi connectivity index (χ4v) is 3.81. The highest BCUT2D eigenvalue weighted by atomic mass is 16.5. The van der Waals surface area contributed by atoms with Crippen molar-refractivity contribution in [1.82, 2.24) is 9.97 Å². The Morgan fingerprint density at radius 1 is 1.24 bits per heavy atom. The zero-order valence-electron chi connectivity index (χ0n) is 15.4. The van der Waals surface area contributed by atoms with Crippen LogP contribution in [0, 0.1) is 19.8 Å². The first kappa shape index (κ1) is 16.0. The first-order chi connectivity index (χ1) is 12.0. The first-order valence-electron chi connectivity index (χ1n) is 8.97. The largest absolute Gasteiger partial charge is 0.494 e. The van der Waals surface area contributed by atoms with Crippen molar-refractivity contribution in [3.05, 3.63) is 63.6 Å². The maximum atomic E-state index is 5.56. The van der Waals surface area contributed by atoms with Crippen molar-refractivity contribution in [2.75, 3.05) is 7.11 Å². The molecule has 0 aromatic carbocycles. The van der Waals surface area contributed by atoms with Gasteiger partial charge < -0.3 is 14.7 Å². The number of aromatic amines is 2. The summed E-state index contributed by atoms with van der Waals surface area (Å²) in [6, 6.07) is 4.41. The molecule has 2 N–H and O–H groups in total. The Labute approximate surface area is 148 Å². The van der Waals surface area contributed by atoms with E-state index in [2.05, 4.69) is 48.9 Å². The number of aromatic nitrogens is 2. The lowest BCUT2D eigenvalue weighted by Crippen LogP contribution is -2.09. The summed E-state index contributed by atoms with van der Waals surface area (Å²) in [5, 5.41) is 0. The SMILES string of the molecule is COC1=CC(c2cc3c([nH]2)CCC(C)C3)=NC1=Cc1[nH]c(C)cc1C. The van der Waals surface area contributed by atoms with Gasteiger partial charge >= 0.3 is 0 Å². The molecule has 0 amide bonds. The van der Waals surface area contributed by atoms with Gasteiger partial charge in [-0.25, -0.2) is 4.99 Å². The van der Waals surface area contributed by atoms with Crippen molar-refractivity contribution in [1.29, 1.82) is 0 Å². The van der Waals surface area contributed by atoms with Crippen LogP contribution in [0.15, 0.2) is 34.7 Å². The van der Waals surface area contributed by atoms with Gasteiger partial charge in [0.15, 0.2) is 0 Å². The van der Waals surface area contributed by atoms with E-state index in [1.54, 1.807) is 7.11 Å². The third kappa shape index (κ3) is 2.97. The second-order valence-electron chi connectivity index (χ2n) is 7.32. The van der Waals surface area contributed by atoms with Crippen molar-refractivity contribution in [2.45, 2.75) is 40.0 Å². The molecule has 3 heterocycles. The molecular formula is C21H25N3O. The minimum Gasteiger partial charge on any atom is -0.494 e. The van der Waals surface area contributed by atoms with Crippen LogP contribution in [0.1, 0.15) is 47.2 Å². The third-order valence-corrected chi connectivity index (χ3v) is 5.18. The molecule has 2 aromatic rings. The molecule has 2 aromatic heterocycles. The molecule has 4 rings (SSSR count). The molecule has 0 bridgehead atoms. The Balaban J connectivity index is 1.69. The van der Waals surface area contributed by atoms with E-state index in [4.69, 9.17) is 9.73 Å². The highest BCUT2D eigenvalue weighted by molar-refractivity contribution is 6.11. The van der Waals surface area contributed by atoms with Crippen molar-refractivity contribution in [3.8, 4) is 0 Å². The van der Waals surface area contributed by atoms with Gasteiger partial charge in [-0.1, -0.05) is 6.92 Å². The van der Waals surface area contributed by atoms with Gasteiger partial charge in [-0.15, -0.1) is 0 Å². The number of methoxy groups -OCH3 is 1. The number of nitrogens with zero attached hydrogens (tertiary/aromatic N) is 1. The Kier molecular flexibility index (Phi) is 3.91. The topological polar surface area (TPSA) is 53.2 Å². The minimum absolute atomic E-state index is 0.765. The Morgan fingerprint density at radius 3 is 2.80 bits per heavy atom. The maximum absolute atomic E-state index is 5.56. The van der Waals surface area contributed by atoms with Crippen LogP contribution in [0.25, 0.3) is 6.08 Å². The van der Waals surface area contributed by atoms with Crippen molar-refractivity contribution >= 4 is 11.8 Å². The molecule has 0 radical (unpaired) electrons. The Hall–Kier alpha value is -2.49. The van der Waals surface area contributed by atoms with E-state index in [-0.39, 0.29) is 0 Å². The Morgan fingerprint density at radius 2 is 2.08 bits per heavy atom. The molecule has 130 valence electrons. The molecule has 0 fully saturated rings. The second kappa shape index (κ2) is 6.10. The quantitative estimate of drug-likeness (QED) is 0.855. The first-order valence-corrected chi connectivity index (χ1v) is 8.97. The van der Waals surface area contributed by atoms with Crippen molar-refractivity contribution in [2.24, 2.45) is 10.9 Å². The summed E-state index contributed by atoms with van der Waals surface area (Å²) in [5.74, 6) is 1.57. The molecule has 1 aliphatic heterocycles. The number of aryl methyl sites for hydroxylation is 3. The molecule has 2 aliphatic rings. The molecule has 0 saturated heterocycles. The van der Waals surface area contributed by atoms with E-state index in [0.717, 1.165) is 53.0 Å². The molecular weight excluding hydrogens is 310 g/mol. The van der Waals surface area contributed by atoms with Gasteiger partial charge in [-0.05, 0) is 68.4 Å². The fourth-order valence-electron chi connectivity index (χ4n) is 3.81. The van der Waals surface area contributed by atoms with Crippen molar-refractivity contribution in [3.63, 3.8) is 0 Å². The number of aliphatic imine (C=N–C) groups is 1. The molecule has 1 atom stereocenters. The summed E-state index contributed by atoms with van der Waals surface area (Å²) in [6.07, 6.45) is 7.64. The normalized spacial score (nSPS) is 21.3. The van der Waals surface area contributed by atoms with Gasteiger partial charge in [-0.3, -0.25) is 0 Å². The number of H-pyrrole nitrogens is 2. The number of ether oxygens (including phenoxy) is 1. The lowest BCUT2D eigenvalue weighted by atomic mass is 9.89. The summed E-state index contributed by atoms with van der Waals surface area (Å²) in [6.45, 7) is 6.49. The minimum atomic E-state index is 0.765. The van der Waals surface area contributed by atoms with Gasteiger partial charge in [0.25, 0.3) is 0 Å². The average molecular weight is 335 g/mol. The smallest absolute Gasteiger partial charge is 0.146 e. The van der Waals surface area contributed by atoms with Crippen LogP contribution in [0.4, 0.5) is 0 Å². The molecule has 25 heavy (non-hydrogen) atoms. The van der Waals surface area contributed by atoms with Gasteiger partial charge in [0, 0.05) is 23.2 Å². The molecule has 1 unspecified atom stereocenters. The summed E-state index contributed by atoms with van der Waals surface area (Å²) < 4.78 is 5.56.